The standard InChI is InChI=1S/C14H12N2O2/c1-18-13-6-7-16-11(8-13)9-15-14(16)10-2-4-12(17)5-3-10/h2-9,17H,1H3. The number of rotatable bonds is 2. The Morgan fingerprint density at radius 1 is 1.17 bits per heavy atom. The summed E-state index contributed by atoms with van der Waals surface area (Å²) in [6, 6.07) is 10.8. The zero-order valence-corrected chi connectivity index (χ0v) is 9.87. The van der Waals surface area contributed by atoms with E-state index in [1.165, 1.54) is 0 Å². The highest BCUT2D eigenvalue weighted by molar-refractivity contribution is 5.64. The number of benzene rings is 1. The number of aromatic hydroxyl groups is 1. The van der Waals surface area contributed by atoms with Crippen LogP contribution in [0.3, 0.4) is 0 Å². The molecule has 0 aliphatic rings. The van der Waals surface area contributed by atoms with E-state index >= 15 is 0 Å². The second kappa shape index (κ2) is 4.07. The Morgan fingerprint density at radius 3 is 2.67 bits per heavy atom. The molecule has 0 saturated heterocycles. The van der Waals surface area contributed by atoms with Crippen LogP contribution in [0.5, 0.6) is 11.5 Å². The normalized spacial score (nSPS) is 10.7. The van der Waals surface area contributed by atoms with Crippen LogP contribution in [-0.4, -0.2) is 21.6 Å². The Hall–Kier alpha value is -2.49. The highest BCUT2D eigenvalue weighted by atomic mass is 16.5. The van der Waals surface area contributed by atoms with E-state index in [4.69, 9.17) is 4.74 Å². The third-order valence-electron chi connectivity index (χ3n) is 2.86. The predicted octanol–water partition coefficient (Wildman–Crippen LogP) is 2.72. The fraction of sp³-hybridized carbons (Fsp3) is 0.0714. The van der Waals surface area contributed by atoms with Crippen molar-refractivity contribution in [2.75, 3.05) is 7.11 Å². The van der Waals surface area contributed by atoms with Gasteiger partial charge in [-0.05, 0) is 30.3 Å². The summed E-state index contributed by atoms with van der Waals surface area (Å²) in [6.45, 7) is 0. The highest BCUT2D eigenvalue weighted by Crippen LogP contribution is 2.23. The first-order chi connectivity index (χ1) is 8.78. The van der Waals surface area contributed by atoms with Crippen LogP contribution < -0.4 is 4.74 Å². The lowest BCUT2D eigenvalue weighted by atomic mass is 10.2. The number of methoxy groups -OCH3 is 1. The molecule has 3 rings (SSSR count). The molecule has 0 radical (unpaired) electrons. The topological polar surface area (TPSA) is 46.8 Å². The van der Waals surface area contributed by atoms with Gasteiger partial charge in [0.1, 0.15) is 17.3 Å². The average molecular weight is 240 g/mol. The average Bonchev–Trinajstić information content (AvgIpc) is 2.82. The summed E-state index contributed by atoms with van der Waals surface area (Å²) in [4.78, 5) is 4.40. The molecule has 0 bridgehead atoms. The Morgan fingerprint density at radius 2 is 1.94 bits per heavy atom. The van der Waals surface area contributed by atoms with Crippen molar-refractivity contribution in [1.82, 2.24) is 9.38 Å². The molecule has 0 spiro atoms. The molecule has 4 nitrogen and oxygen atoms in total. The van der Waals surface area contributed by atoms with E-state index in [1.54, 1.807) is 25.4 Å². The molecule has 2 heterocycles. The van der Waals surface area contributed by atoms with Gasteiger partial charge in [0.2, 0.25) is 0 Å². The molecule has 0 unspecified atom stereocenters. The van der Waals surface area contributed by atoms with Gasteiger partial charge in [0.15, 0.2) is 0 Å². The summed E-state index contributed by atoms with van der Waals surface area (Å²) in [6.07, 6.45) is 3.72. The van der Waals surface area contributed by atoms with Crippen molar-refractivity contribution < 1.29 is 9.84 Å². The molecule has 18 heavy (non-hydrogen) atoms. The Labute approximate surface area is 104 Å². The molecule has 0 amide bonds. The predicted molar refractivity (Wildman–Crippen MR) is 68.8 cm³/mol. The van der Waals surface area contributed by atoms with E-state index in [2.05, 4.69) is 4.98 Å². The van der Waals surface area contributed by atoms with Gasteiger partial charge < -0.3 is 9.84 Å². The second-order valence-corrected chi connectivity index (χ2v) is 3.99. The van der Waals surface area contributed by atoms with Crippen molar-refractivity contribution in [1.29, 1.82) is 0 Å². The quantitative estimate of drug-likeness (QED) is 0.749. The number of hydrogen-bond acceptors (Lipinski definition) is 3. The van der Waals surface area contributed by atoms with Crippen molar-refractivity contribution >= 4 is 5.52 Å². The summed E-state index contributed by atoms with van der Waals surface area (Å²) in [5.41, 5.74) is 1.93. The lowest BCUT2D eigenvalue weighted by Gasteiger charge is -2.03. The molecule has 0 aliphatic carbocycles. The number of ether oxygens (including phenoxy) is 1. The van der Waals surface area contributed by atoms with Gasteiger partial charge in [-0.3, -0.25) is 4.40 Å². The summed E-state index contributed by atoms with van der Waals surface area (Å²) in [5, 5.41) is 9.29. The van der Waals surface area contributed by atoms with E-state index in [0.29, 0.717) is 0 Å². The van der Waals surface area contributed by atoms with Gasteiger partial charge in [-0.25, -0.2) is 4.98 Å². The number of nitrogens with zero attached hydrogens (tertiary/aromatic N) is 2. The lowest BCUT2D eigenvalue weighted by Crippen LogP contribution is -1.90. The maximum absolute atomic E-state index is 9.29. The van der Waals surface area contributed by atoms with Crippen LogP contribution in [0.4, 0.5) is 0 Å². The summed E-state index contributed by atoms with van der Waals surface area (Å²) in [7, 11) is 1.64. The van der Waals surface area contributed by atoms with Gasteiger partial charge >= 0.3 is 0 Å². The molecule has 3 aromatic rings. The van der Waals surface area contributed by atoms with E-state index in [0.717, 1.165) is 22.7 Å². The fourth-order valence-corrected chi connectivity index (χ4v) is 1.93. The first-order valence-corrected chi connectivity index (χ1v) is 5.58. The molecular weight excluding hydrogens is 228 g/mol. The van der Waals surface area contributed by atoms with E-state index in [9.17, 15) is 5.11 Å². The summed E-state index contributed by atoms with van der Waals surface area (Å²) in [5.74, 6) is 1.90. The molecule has 0 aliphatic heterocycles. The molecule has 4 heteroatoms. The SMILES string of the molecule is COc1ccn2c(-c3ccc(O)cc3)ncc2c1. The number of phenolic OH excluding ortho intramolecular Hbond substituents is 1. The van der Waals surface area contributed by atoms with E-state index < -0.39 is 0 Å². The van der Waals surface area contributed by atoms with E-state index in [-0.39, 0.29) is 5.75 Å². The minimum atomic E-state index is 0.251. The van der Waals surface area contributed by atoms with Crippen LogP contribution in [0.15, 0.2) is 48.8 Å². The Kier molecular flexibility index (Phi) is 2.41. The molecule has 1 aromatic carbocycles. The van der Waals surface area contributed by atoms with Crippen LogP contribution >= 0.6 is 0 Å². The van der Waals surface area contributed by atoms with Gasteiger partial charge in [0.25, 0.3) is 0 Å². The number of aromatic nitrogens is 2. The van der Waals surface area contributed by atoms with Crippen LogP contribution in [0.25, 0.3) is 16.9 Å². The molecule has 0 atom stereocenters. The molecule has 1 N–H and O–H groups in total. The number of hydrogen-bond donors (Lipinski definition) is 1. The molecular formula is C14H12N2O2. The van der Waals surface area contributed by atoms with E-state index in [1.807, 2.05) is 34.9 Å². The number of pyridine rings is 1. The van der Waals surface area contributed by atoms with Crippen molar-refractivity contribution in [2.45, 2.75) is 0 Å². The zero-order valence-electron chi connectivity index (χ0n) is 9.87. The van der Waals surface area contributed by atoms with Crippen molar-refractivity contribution in [3.63, 3.8) is 0 Å². The van der Waals surface area contributed by atoms with Gasteiger partial charge in [-0.1, -0.05) is 0 Å². The minimum Gasteiger partial charge on any atom is -0.508 e. The number of imidazole rings is 1. The highest BCUT2D eigenvalue weighted by Gasteiger charge is 2.06. The van der Waals surface area contributed by atoms with Crippen LogP contribution in [0.2, 0.25) is 0 Å². The lowest BCUT2D eigenvalue weighted by molar-refractivity contribution is 0.414. The van der Waals surface area contributed by atoms with Crippen LogP contribution in [0, 0.1) is 0 Å². The van der Waals surface area contributed by atoms with Crippen molar-refractivity contribution in [2.24, 2.45) is 0 Å². The number of fused-ring (bicyclic) bond motifs is 1. The maximum Gasteiger partial charge on any atom is 0.144 e. The smallest absolute Gasteiger partial charge is 0.144 e. The van der Waals surface area contributed by atoms with Crippen LogP contribution in [0.1, 0.15) is 0 Å². The van der Waals surface area contributed by atoms with Gasteiger partial charge in [0.05, 0.1) is 18.8 Å². The summed E-state index contributed by atoms with van der Waals surface area (Å²) < 4.78 is 7.16. The largest absolute Gasteiger partial charge is 0.508 e. The monoisotopic (exact) mass is 240 g/mol. The van der Waals surface area contributed by atoms with Gasteiger partial charge in [0, 0.05) is 17.8 Å². The molecule has 0 fully saturated rings. The number of phenols is 1. The summed E-state index contributed by atoms with van der Waals surface area (Å²) >= 11 is 0. The Balaban J connectivity index is 2.15. The zero-order chi connectivity index (χ0) is 12.5. The maximum atomic E-state index is 9.29. The van der Waals surface area contributed by atoms with Gasteiger partial charge in [-0.15, -0.1) is 0 Å². The first kappa shape index (κ1) is 10.7. The first-order valence-electron chi connectivity index (χ1n) is 5.58. The third-order valence-corrected chi connectivity index (χ3v) is 2.86. The second-order valence-electron chi connectivity index (χ2n) is 3.99. The van der Waals surface area contributed by atoms with Gasteiger partial charge in [-0.2, -0.15) is 0 Å². The molecule has 2 aromatic heterocycles. The van der Waals surface area contributed by atoms with Crippen LogP contribution in [-0.2, 0) is 0 Å². The third kappa shape index (κ3) is 1.68. The van der Waals surface area contributed by atoms with Crippen molar-refractivity contribution in [3.05, 3.63) is 48.8 Å². The molecule has 0 saturated carbocycles. The fourth-order valence-electron chi connectivity index (χ4n) is 1.93. The minimum absolute atomic E-state index is 0.251. The van der Waals surface area contributed by atoms with Crippen molar-refractivity contribution in [3.8, 4) is 22.9 Å². The molecule has 90 valence electrons. The Bertz CT molecular complexity index is 687.